The quantitative estimate of drug-likeness (QED) is 0.588. The van der Waals surface area contributed by atoms with Crippen molar-refractivity contribution in [3.63, 3.8) is 0 Å². The maximum Gasteiger partial charge on any atom is 0.308 e. The first-order valence-electron chi connectivity index (χ1n) is 5.38. The molecule has 0 saturated carbocycles. The number of ether oxygens (including phenoxy) is 1. The van der Waals surface area contributed by atoms with E-state index in [-0.39, 0.29) is 5.97 Å². The molecule has 0 aliphatic heterocycles. The van der Waals surface area contributed by atoms with Crippen molar-refractivity contribution in [1.82, 2.24) is 9.78 Å². The minimum Gasteiger partial charge on any atom is -0.427 e. The molecule has 2 aromatic rings. The molecule has 0 N–H and O–H groups in total. The van der Waals surface area contributed by atoms with E-state index < -0.39 is 0 Å². The molecule has 0 atom stereocenters. The summed E-state index contributed by atoms with van der Waals surface area (Å²) in [6.07, 6.45) is 0. The number of carbonyl (C=O) groups is 1. The number of carbonyl (C=O) groups excluding carboxylic acids is 1. The second-order valence-corrected chi connectivity index (χ2v) is 3.93. The summed E-state index contributed by atoms with van der Waals surface area (Å²) in [5.41, 5.74) is 2.89. The van der Waals surface area contributed by atoms with Gasteiger partial charge in [0.05, 0.1) is 11.4 Å². The molecular weight excluding hydrogens is 216 g/mol. The molecule has 4 heteroatoms. The summed E-state index contributed by atoms with van der Waals surface area (Å²) in [4.78, 5) is 10.9. The van der Waals surface area contributed by atoms with Crippen LogP contribution in [0, 0.1) is 13.8 Å². The zero-order chi connectivity index (χ0) is 12.4. The van der Waals surface area contributed by atoms with E-state index in [4.69, 9.17) is 4.74 Å². The maximum absolute atomic E-state index is 10.9. The molecule has 0 unspecified atom stereocenters. The Hall–Kier alpha value is -2.10. The molecule has 2 rings (SSSR count). The third-order valence-electron chi connectivity index (χ3n) is 2.33. The Bertz CT molecular complexity index is 558. The second kappa shape index (κ2) is 4.41. The van der Waals surface area contributed by atoms with Crippen molar-refractivity contribution in [2.45, 2.75) is 20.8 Å². The molecule has 0 fully saturated rings. The van der Waals surface area contributed by atoms with Gasteiger partial charge in [-0.15, -0.1) is 0 Å². The van der Waals surface area contributed by atoms with Crippen LogP contribution in [0.1, 0.15) is 18.3 Å². The standard InChI is InChI=1S/C13H14N2O2/c1-9-7-10(2)15(14-9)12-5-4-6-13(8-12)17-11(3)16/h4-8H,1-3H3. The average molecular weight is 230 g/mol. The van der Waals surface area contributed by atoms with E-state index in [1.165, 1.54) is 6.92 Å². The van der Waals surface area contributed by atoms with Crippen molar-refractivity contribution < 1.29 is 9.53 Å². The van der Waals surface area contributed by atoms with Crippen LogP contribution in [0.5, 0.6) is 5.75 Å². The van der Waals surface area contributed by atoms with Crippen molar-refractivity contribution in [3.8, 4) is 11.4 Å². The molecule has 0 saturated heterocycles. The largest absolute Gasteiger partial charge is 0.427 e. The predicted octanol–water partition coefficient (Wildman–Crippen LogP) is 2.41. The van der Waals surface area contributed by atoms with Crippen LogP contribution < -0.4 is 4.74 Å². The number of esters is 1. The monoisotopic (exact) mass is 230 g/mol. The van der Waals surface area contributed by atoms with Gasteiger partial charge in [0.15, 0.2) is 0 Å². The Morgan fingerprint density at radius 1 is 1.29 bits per heavy atom. The fraction of sp³-hybridized carbons (Fsp3) is 0.231. The van der Waals surface area contributed by atoms with Crippen molar-refractivity contribution in [3.05, 3.63) is 41.7 Å². The van der Waals surface area contributed by atoms with Gasteiger partial charge in [0.2, 0.25) is 0 Å². The summed E-state index contributed by atoms with van der Waals surface area (Å²) in [5, 5.41) is 4.38. The van der Waals surface area contributed by atoms with E-state index in [0.29, 0.717) is 5.75 Å². The summed E-state index contributed by atoms with van der Waals surface area (Å²) in [7, 11) is 0. The first kappa shape index (κ1) is 11.4. The molecule has 4 nitrogen and oxygen atoms in total. The van der Waals surface area contributed by atoms with Gasteiger partial charge in [-0.1, -0.05) is 6.07 Å². The second-order valence-electron chi connectivity index (χ2n) is 3.93. The number of hydrogen-bond donors (Lipinski definition) is 0. The summed E-state index contributed by atoms with van der Waals surface area (Å²) >= 11 is 0. The Kier molecular flexibility index (Phi) is 2.95. The van der Waals surface area contributed by atoms with E-state index in [0.717, 1.165) is 17.1 Å². The topological polar surface area (TPSA) is 44.1 Å². The first-order chi connectivity index (χ1) is 8.06. The van der Waals surface area contributed by atoms with Gasteiger partial charge in [-0.05, 0) is 32.0 Å². The molecule has 1 heterocycles. The number of hydrogen-bond acceptors (Lipinski definition) is 3. The van der Waals surface area contributed by atoms with Crippen LogP contribution in [0.3, 0.4) is 0 Å². The Morgan fingerprint density at radius 3 is 2.65 bits per heavy atom. The summed E-state index contributed by atoms with van der Waals surface area (Å²) in [6.45, 7) is 5.31. The maximum atomic E-state index is 10.9. The SMILES string of the molecule is CC(=O)Oc1cccc(-n2nc(C)cc2C)c1. The van der Waals surface area contributed by atoms with Gasteiger partial charge in [0.1, 0.15) is 5.75 Å². The van der Waals surface area contributed by atoms with Crippen LogP contribution >= 0.6 is 0 Å². The molecule has 0 radical (unpaired) electrons. The lowest BCUT2D eigenvalue weighted by Crippen LogP contribution is -2.03. The number of nitrogens with zero attached hydrogens (tertiary/aromatic N) is 2. The van der Waals surface area contributed by atoms with Crippen molar-refractivity contribution >= 4 is 5.97 Å². The fourth-order valence-electron chi connectivity index (χ4n) is 1.73. The predicted molar refractivity (Wildman–Crippen MR) is 64.3 cm³/mol. The van der Waals surface area contributed by atoms with E-state index >= 15 is 0 Å². The lowest BCUT2D eigenvalue weighted by molar-refractivity contribution is -0.131. The molecule has 1 aromatic carbocycles. The highest BCUT2D eigenvalue weighted by Crippen LogP contribution is 2.18. The Balaban J connectivity index is 2.39. The first-order valence-corrected chi connectivity index (χ1v) is 5.38. The summed E-state index contributed by atoms with van der Waals surface area (Å²) in [5.74, 6) is 0.207. The lowest BCUT2D eigenvalue weighted by Gasteiger charge is -2.06. The van der Waals surface area contributed by atoms with Gasteiger partial charge in [0, 0.05) is 18.7 Å². The van der Waals surface area contributed by atoms with Crippen LogP contribution in [-0.2, 0) is 4.79 Å². The fourth-order valence-corrected chi connectivity index (χ4v) is 1.73. The molecule has 0 bridgehead atoms. The van der Waals surface area contributed by atoms with Crippen molar-refractivity contribution in [1.29, 1.82) is 0 Å². The number of aromatic nitrogens is 2. The summed E-state index contributed by atoms with van der Waals surface area (Å²) < 4.78 is 6.86. The van der Waals surface area contributed by atoms with Gasteiger partial charge >= 0.3 is 5.97 Å². The van der Waals surface area contributed by atoms with E-state index in [1.807, 2.05) is 36.7 Å². The van der Waals surface area contributed by atoms with Gasteiger partial charge in [-0.25, -0.2) is 4.68 Å². The molecule has 0 spiro atoms. The third-order valence-corrected chi connectivity index (χ3v) is 2.33. The summed E-state index contributed by atoms with van der Waals surface area (Å²) in [6, 6.07) is 9.30. The Labute approximate surface area is 99.8 Å². The molecule has 88 valence electrons. The minimum atomic E-state index is -0.324. The number of aryl methyl sites for hydroxylation is 2. The number of rotatable bonds is 2. The molecule has 0 amide bonds. The van der Waals surface area contributed by atoms with Gasteiger partial charge in [-0.2, -0.15) is 5.10 Å². The van der Waals surface area contributed by atoms with Crippen molar-refractivity contribution in [2.24, 2.45) is 0 Å². The van der Waals surface area contributed by atoms with Gasteiger partial charge < -0.3 is 4.74 Å². The van der Waals surface area contributed by atoms with E-state index in [2.05, 4.69) is 5.10 Å². The third kappa shape index (κ3) is 2.53. The highest BCUT2D eigenvalue weighted by atomic mass is 16.5. The normalized spacial score (nSPS) is 10.3. The van der Waals surface area contributed by atoms with Crippen LogP contribution in [0.2, 0.25) is 0 Å². The van der Waals surface area contributed by atoms with Crippen LogP contribution in [-0.4, -0.2) is 15.7 Å². The lowest BCUT2D eigenvalue weighted by atomic mass is 10.3. The highest BCUT2D eigenvalue weighted by molar-refractivity contribution is 5.69. The number of benzene rings is 1. The smallest absolute Gasteiger partial charge is 0.308 e. The van der Waals surface area contributed by atoms with Crippen LogP contribution in [0.25, 0.3) is 5.69 Å². The Morgan fingerprint density at radius 2 is 2.06 bits per heavy atom. The average Bonchev–Trinajstić information content (AvgIpc) is 2.57. The molecule has 1 aromatic heterocycles. The molecular formula is C13H14N2O2. The zero-order valence-corrected chi connectivity index (χ0v) is 10.1. The molecule has 17 heavy (non-hydrogen) atoms. The van der Waals surface area contributed by atoms with Crippen LogP contribution in [0.4, 0.5) is 0 Å². The minimum absolute atomic E-state index is 0.324. The highest BCUT2D eigenvalue weighted by Gasteiger charge is 2.05. The molecule has 0 aliphatic rings. The van der Waals surface area contributed by atoms with E-state index in [1.54, 1.807) is 12.1 Å². The zero-order valence-electron chi connectivity index (χ0n) is 10.1. The van der Waals surface area contributed by atoms with Crippen molar-refractivity contribution in [2.75, 3.05) is 0 Å². The van der Waals surface area contributed by atoms with Gasteiger partial charge in [0.25, 0.3) is 0 Å². The van der Waals surface area contributed by atoms with Gasteiger partial charge in [-0.3, -0.25) is 4.79 Å². The molecule has 0 aliphatic carbocycles. The van der Waals surface area contributed by atoms with E-state index in [9.17, 15) is 4.79 Å². The van der Waals surface area contributed by atoms with Crippen LogP contribution in [0.15, 0.2) is 30.3 Å².